The molecule has 3 rings (SSSR count). The van der Waals surface area contributed by atoms with Gasteiger partial charge in [0.05, 0.1) is 15.2 Å². The fourth-order valence-electron chi connectivity index (χ4n) is 2.84. The normalized spacial score (nSPS) is 20.1. The van der Waals surface area contributed by atoms with E-state index in [1.165, 1.54) is 4.70 Å². The predicted molar refractivity (Wildman–Crippen MR) is 109 cm³/mol. The third-order valence-corrected chi connectivity index (χ3v) is 5.54. The number of hydrogen-bond donors (Lipinski definition) is 2. The van der Waals surface area contributed by atoms with Crippen molar-refractivity contribution in [2.45, 2.75) is 44.7 Å². The summed E-state index contributed by atoms with van der Waals surface area (Å²) >= 11 is 5.13. The number of piperidine rings is 1. The van der Waals surface area contributed by atoms with E-state index in [9.17, 15) is 4.79 Å². The molecule has 2 heterocycles. The maximum atomic E-state index is 12.1. The van der Waals surface area contributed by atoms with Crippen LogP contribution in [-0.4, -0.2) is 29.5 Å². The molecule has 134 valence electrons. The zero-order valence-electron chi connectivity index (χ0n) is 13.4. The van der Waals surface area contributed by atoms with E-state index in [1.54, 1.807) is 11.3 Å². The van der Waals surface area contributed by atoms with Crippen LogP contribution in [0.1, 0.15) is 31.2 Å². The second-order valence-electron chi connectivity index (χ2n) is 5.86. The first kappa shape index (κ1) is 21.6. The number of thiazole rings is 1. The zero-order chi connectivity index (χ0) is 15.5. The molecule has 1 aliphatic rings. The Bertz CT molecular complexity index is 682. The zero-order valence-corrected chi connectivity index (χ0v) is 17.4. The van der Waals surface area contributed by atoms with Gasteiger partial charge in [0.15, 0.2) is 0 Å². The number of nitrogens with zero attached hydrogens (tertiary/aromatic N) is 1. The molecule has 1 saturated heterocycles. The molecular weight excluding hydrogens is 433 g/mol. The van der Waals surface area contributed by atoms with Crippen LogP contribution >= 0.6 is 52.1 Å². The number of nitrogens with one attached hydrogen (secondary N) is 2. The Morgan fingerprint density at radius 3 is 3.00 bits per heavy atom. The molecule has 0 spiro atoms. The van der Waals surface area contributed by atoms with Gasteiger partial charge in [-0.1, -0.05) is 15.9 Å². The van der Waals surface area contributed by atoms with E-state index >= 15 is 0 Å². The summed E-state index contributed by atoms with van der Waals surface area (Å²) in [6.45, 7) is 3.15. The van der Waals surface area contributed by atoms with Gasteiger partial charge in [-0.05, 0) is 44.5 Å². The molecule has 2 unspecified atom stereocenters. The SMILES string of the molecule is CC1CC(NC(=O)CCc2nc3cc(Br)ccc3s2)CCN1.Cl.Cl. The molecule has 1 aliphatic heterocycles. The molecular formula is C16H22BrCl2N3OS. The van der Waals surface area contributed by atoms with Crippen molar-refractivity contribution in [1.29, 1.82) is 0 Å². The van der Waals surface area contributed by atoms with Crippen LogP contribution in [0.2, 0.25) is 0 Å². The van der Waals surface area contributed by atoms with Crippen molar-refractivity contribution >= 4 is 68.2 Å². The number of halogens is 3. The van der Waals surface area contributed by atoms with Crippen LogP contribution in [0.25, 0.3) is 10.2 Å². The van der Waals surface area contributed by atoms with E-state index in [4.69, 9.17) is 0 Å². The number of hydrogen-bond acceptors (Lipinski definition) is 4. The number of aryl methyl sites for hydroxylation is 1. The largest absolute Gasteiger partial charge is 0.353 e. The summed E-state index contributed by atoms with van der Waals surface area (Å²) in [5.74, 6) is 0.138. The Hall–Kier alpha value is -0.400. The fourth-order valence-corrected chi connectivity index (χ4v) is 4.13. The van der Waals surface area contributed by atoms with Crippen molar-refractivity contribution in [3.63, 3.8) is 0 Å². The minimum absolute atomic E-state index is 0. The van der Waals surface area contributed by atoms with Gasteiger partial charge >= 0.3 is 0 Å². The lowest BCUT2D eigenvalue weighted by atomic mass is 10.0. The van der Waals surface area contributed by atoms with Gasteiger partial charge in [-0.15, -0.1) is 36.2 Å². The van der Waals surface area contributed by atoms with E-state index in [0.29, 0.717) is 24.9 Å². The van der Waals surface area contributed by atoms with Gasteiger partial charge in [0.25, 0.3) is 0 Å². The number of amides is 1. The second kappa shape index (κ2) is 9.92. The Morgan fingerprint density at radius 1 is 1.46 bits per heavy atom. The van der Waals surface area contributed by atoms with Crippen molar-refractivity contribution in [3.05, 3.63) is 27.7 Å². The summed E-state index contributed by atoms with van der Waals surface area (Å²) < 4.78 is 2.21. The standard InChI is InChI=1S/C16H20BrN3OS.2ClH/c1-10-8-12(6-7-18-10)19-15(21)4-5-16-20-13-9-11(17)2-3-14(13)22-16;;/h2-3,9-10,12,18H,4-8H2,1H3,(H,19,21);2*1H. The smallest absolute Gasteiger partial charge is 0.220 e. The average Bonchev–Trinajstić information content (AvgIpc) is 2.87. The number of carbonyl (C=O) groups is 1. The van der Waals surface area contributed by atoms with Crippen molar-refractivity contribution in [1.82, 2.24) is 15.6 Å². The van der Waals surface area contributed by atoms with Crippen LogP contribution in [0.4, 0.5) is 0 Å². The van der Waals surface area contributed by atoms with Crippen LogP contribution in [0.15, 0.2) is 22.7 Å². The van der Waals surface area contributed by atoms with E-state index < -0.39 is 0 Å². The summed E-state index contributed by atoms with van der Waals surface area (Å²) in [6, 6.07) is 6.91. The van der Waals surface area contributed by atoms with Gasteiger partial charge in [0, 0.05) is 29.4 Å². The average molecular weight is 455 g/mol. The maximum Gasteiger partial charge on any atom is 0.220 e. The van der Waals surface area contributed by atoms with Gasteiger partial charge in [-0.25, -0.2) is 4.98 Å². The summed E-state index contributed by atoms with van der Waals surface area (Å²) in [6.07, 6.45) is 3.26. The quantitative estimate of drug-likeness (QED) is 0.731. The summed E-state index contributed by atoms with van der Waals surface area (Å²) in [7, 11) is 0. The number of carbonyl (C=O) groups excluding carboxylic acids is 1. The molecule has 2 N–H and O–H groups in total. The van der Waals surface area contributed by atoms with Gasteiger partial charge in [-0.3, -0.25) is 4.79 Å². The van der Waals surface area contributed by atoms with Crippen molar-refractivity contribution in [2.24, 2.45) is 0 Å². The third kappa shape index (κ3) is 5.85. The number of aromatic nitrogens is 1. The Kier molecular flexibility index (Phi) is 8.95. The van der Waals surface area contributed by atoms with Crippen LogP contribution in [0.3, 0.4) is 0 Å². The van der Waals surface area contributed by atoms with E-state index in [0.717, 1.165) is 34.4 Å². The monoisotopic (exact) mass is 453 g/mol. The molecule has 0 saturated carbocycles. The summed E-state index contributed by atoms with van der Waals surface area (Å²) in [5, 5.41) is 7.58. The molecule has 2 aromatic rings. The molecule has 0 bridgehead atoms. The fraction of sp³-hybridized carbons (Fsp3) is 0.500. The predicted octanol–water partition coefficient (Wildman–Crippen LogP) is 4.09. The lowest BCUT2D eigenvalue weighted by Crippen LogP contribution is -2.46. The maximum absolute atomic E-state index is 12.1. The van der Waals surface area contributed by atoms with Gasteiger partial charge in [0.1, 0.15) is 0 Å². The van der Waals surface area contributed by atoms with Crippen LogP contribution in [0.5, 0.6) is 0 Å². The lowest BCUT2D eigenvalue weighted by Gasteiger charge is -2.28. The van der Waals surface area contributed by atoms with Crippen LogP contribution in [0, 0.1) is 0 Å². The molecule has 1 aromatic carbocycles. The Balaban J connectivity index is 0.00000144. The third-order valence-electron chi connectivity index (χ3n) is 3.95. The van der Waals surface area contributed by atoms with Gasteiger partial charge in [0.2, 0.25) is 5.91 Å². The molecule has 4 nitrogen and oxygen atoms in total. The summed E-state index contributed by atoms with van der Waals surface area (Å²) in [4.78, 5) is 16.7. The second-order valence-corrected chi connectivity index (χ2v) is 7.89. The first-order valence-electron chi connectivity index (χ1n) is 7.68. The van der Waals surface area contributed by atoms with E-state index in [1.807, 2.05) is 12.1 Å². The van der Waals surface area contributed by atoms with Crippen LogP contribution in [-0.2, 0) is 11.2 Å². The molecule has 0 aliphatic carbocycles. The molecule has 2 atom stereocenters. The Morgan fingerprint density at radius 2 is 2.25 bits per heavy atom. The molecule has 0 radical (unpaired) electrons. The highest BCUT2D eigenvalue weighted by molar-refractivity contribution is 9.10. The topological polar surface area (TPSA) is 54.0 Å². The number of fused-ring (bicyclic) bond motifs is 1. The van der Waals surface area contributed by atoms with Gasteiger partial charge < -0.3 is 10.6 Å². The molecule has 8 heteroatoms. The van der Waals surface area contributed by atoms with Crippen molar-refractivity contribution < 1.29 is 4.79 Å². The van der Waals surface area contributed by atoms with E-state index in [-0.39, 0.29) is 30.7 Å². The molecule has 1 aromatic heterocycles. The summed E-state index contributed by atoms with van der Waals surface area (Å²) in [5.41, 5.74) is 1.00. The Labute approximate surface area is 167 Å². The first-order chi connectivity index (χ1) is 10.6. The highest BCUT2D eigenvalue weighted by Gasteiger charge is 2.19. The highest BCUT2D eigenvalue weighted by Crippen LogP contribution is 2.25. The number of benzene rings is 1. The molecule has 24 heavy (non-hydrogen) atoms. The van der Waals surface area contributed by atoms with Crippen LogP contribution < -0.4 is 10.6 Å². The lowest BCUT2D eigenvalue weighted by molar-refractivity contribution is -0.122. The van der Waals surface area contributed by atoms with Gasteiger partial charge in [-0.2, -0.15) is 0 Å². The molecule has 1 amide bonds. The van der Waals surface area contributed by atoms with Crippen molar-refractivity contribution in [3.8, 4) is 0 Å². The number of rotatable bonds is 4. The highest BCUT2D eigenvalue weighted by atomic mass is 79.9. The first-order valence-corrected chi connectivity index (χ1v) is 9.29. The minimum Gasteiger partial charge on any atom is -0.353 e. The van der Waals surface area contributed by atoms with Crippen molar-refractivity contribution in [2.75, 3.05) is 6.54 Å². The molecule has 1 fully saturated rings. The van der Waals surface area contributed by atoms with E-state index in [2.05, 4.69) is 44.5 Å². The minimum atomic E-state index is 0.